The number of rotatable bonds is 5. The first-order valence-electron chi connectivity index (χ1n) is 7.87. The van der Waals surface area contributed by atoms with Crippen molar-refractivity contribution in [2.24, 2.45) is 5.92 Å². The van der Waals surface area contributed by atoms with E-state index in [9.17, 15) is 9.90 Å². The number of aliphatic hydroxyl groups is 1. The van der Waals surface area contributed by atoms with Crippen molar-refractivity contribution in [3.8, 4) is 0 Å². The molecule has 1 amide bonds. The number of carbonyl (C=O) groups excluding carboxylic acids is 1. The second-order valence-electron chi connectivity index (χ2n) is 6.57. The molecule has 1 heterocycles. The number of aryl methyl sites for hydroxylation is 3. The molecule has 118 valence electrons. The molecule has 1 saturated carbocycles. The Bertz CT molecular complexity index is 488. The van der Waals surface area contributed by atoms with Gasteiger partial charge in [-0.25, -0.2) is 0 Å². The average molecular weight is 293 g/mol. The van der Waals surface area contributed by atoms with Gasteiger partial charge in [-0.05, 0) is 51.5 Å². The largest absolute Gasteiger partial charge is 0.394 e. The van der Waals surface area contributed by atoms with Crippen molar-refractivity contribution < 1.29 is 9.90 Å². The van der Waals surface area contributed by atoms with Gasteiger partial charge < -0.3 is 10.4 Å². The van der Waals surface area contributed by atoms with Gasteiger partial charge in [-0.1, -0.05) is 6.92 Å². The highest BCUT2D eigenvalue weighted by Crippen LogP contribution is 2.31. The number of aromatic nitrogens is 2. The summed E-state index contributed by atoms with van der Waals surface area (Å²) in [6.45, 7) is 6.80. The number of amides is 1. The summed E-state index contributed by atoms with van der Waals surface area (Å²) in [6.07, 6.45) is 4.28. The lowest BCUT2D eigenvalue weighted by Crippen LogP contribution is -2.53. The zero-order chi connectivity index (χ0) is 15.5. The van der Waals surface area contributed by atoms with Gasteiger partial charge >= 0.3 is 0 Å². The first-order chi connectivity index (χ1) is 9.94. The van der Waals surface area contributed by atoms with Gasteiger partial charge in [0.25, 0.3) is 0 Å². The molecule has 5 nitrogen and oxygen atoms in total. The molecule has 0 radical (unpaired) electrons. The van der Waals surface area contributed by atoms with Gasteiger partial charge in [-0.2, -0.15) is 5.10 Å². The van der Waals surface area contributed by atoms with Crippen molar-refractivity contribution in [3.63, 3.8) is 0 Å². The van der Waals surface area contributed by atoms with Crippen LogP contribution in [-0.4, -0.2) is 32.9 Å². The van der Waals surface area contributed by atoms with Crippen LogP contribution in [0, 0.1) is 19.8 Å². The summed E-state index contributed by atoms with van der Waals surface area (Å²) < 4.78 is 1.86. The third-order valence-corrected chi connectivity index (χ3v) is 4.59. The molecule has 0 bridgehead atoms. The zero-order valence-corrected chi connectivity index (χ0v) is 13.4. The van der Waals surface area contributed by atoms with Gasteiger partial charge in [0, 0.05) is 18.7 Å². The van der Waals surface area contributed by atoms with Crippen LogP contribution in [0.1, 0.15) is 50.4 Å². The Labute approximate surface area is 126 Å². The van der Waals surface area contributed by atoms with E-state index < -0.39 is 5.54 Å². The number of hydrogen-bond donors (Lipinski definition) is 2. The van der Waals surface area contributed by atoms with Crippen molar-refractivity contribution in [1.29, 1.82) is 0 Å². The first-order valence-corrected chi connectivity index (χ1v) is 7.87. The maximum Gasteiger partial charge on any atom is 0.222 e. The topological polar surface area (TPSA) is 67.2 Å². The molecule has 2 rings (SSSR count). The van der Waals surface area contributed by atoms with Crippen molar-refractivity contribution in [1.82, 2.24) is 15.1 Å². The summed E-state index contributed by atoms with van der Waals surface area (Å²) in [5, 5.41) is 17.1. The van der Waals surface area contributed by atoms with Crippen LogP contribution in [-0.2, 0) is 11.3 Å². The summed E-state index contributed by atoms with van der Waals surface area (Å²) in [6, 6.07) is 2.01. The zero-order valence-electron chi connectivity index (χ0n) is 13.4. The summed E-state index contributed by atoms with van der Waals surface area (Å²) in [5.74, 6) is 0.697. The lowest BCUT2D eigenvalue weighted by Gasteiger charge is -2.38. The first kappa shape index (κ1) is 16.0. The molecule has 2 N–H and O–H groups in total. The van der Waals surface area contributed by atoms with E-state index in [1.807, 2.05) is 24.6 Å². The van der Waals surface area contributed by atoms with E-state index in [-0.39, 0.29) is 12.5 Å². The molecule has 1 aromatic heterocycles. The Morgan fingerprint density at radius 2 is 2.14 bits per heavy atom. The standard InChI is InChI=1S/C16H27N3O2/c1-12-4-7-16(11-20,8-5-12)17-15(21)6-9-19-14(3)10-13(2)18-19/h10,12,20H,4-9,11H2,1-3H3,(H,17,21). The Morgan fingerprint density at radius 1 is 1.48 bits per heavy atom. The maximum absolute atomic E-state index is 12.2. The fourth-order valence-corrected chi connectivity index (χ4v) is 3.10. The quantitative estimate of drug-likeness (QED) is 0.872. The fourth-order valence-electron chi connectivity index (χ4n) is 3.10. The average Bonchev–Trinajstić information content (AvgIpc) is 2.78. The minimum absolute atomic E-state index is 0.00570. The smallest absolute Gasteiger partial charge is 0.222 e. The van der Waals surface area contributed by atoms with E-state index >= 15 is 0 Å². The summed E-state index contributed by atoms with van der Waals surface area (Å²) in [4.78, 5) is 12.2. The Morgan fingerprint density at radius 3 is 2.67 bits per heavy atom. The lowest BCUT2D eigenvalue weighted by molar-refractivity contribution is -0.124. The number of nitrogens with zero attached hydrogens (tertiary/aromatic N) is 2. The van der Waals surface area contributed by atoms with Crippen LogP contribution in [0.2, 0.25) is 0 Å². The van der Waals surface area contributed by atoms with Gasteiger partial charge in [-0.3, -0.25) is 9.48 Å². The molecule has 1 aliphatic rings. The molecular formula is C16H27N3O2. The van der Waals surface area contributed by atoms with E-state index in [1.165, 1.54) is 0 Å². The van der Waals surface area contributed by atoms with E-state index in [0.29, 0.717) is 18.9 Å². The van der Waals surface area contributed by atoms with Gasteiger partial charge in [0.2, 0.25) is 5.91 Å². The highest BCUT2D eigenvalue weighted by Gasteiger charge is 2.34. The van der Waals surface area contributed by atoms with Crippen LogP contribution in [0.25, 0.3) is 0 Å². The van der Waals surface area contributed by atoms with E-state index in [1.54, 1.807) is 0 Å². The second-order valence-corrected chi connectivity index (χ2v) is 6.57. The molecule has 0 unspecified atom stereocenters. The fraction of sp³-hybridized carbons (Fsp3) is 0.750. The predicted molar refractivity (Wildman–Crippen MR) is 81.9 cm³/mol. The number of nitrogens with one attached hydrogen (secondary N) is 1. The van der Waals surface area contributed by atoms with Crippen LogP contribution in [0.15, 0.2) is 6.07 Å². The minimum Gasteiger partial charge on any atom is -0.394 e. The van der Waals surface area contributed by atoms with Crippen molar-refractivity contribution in [2.45, 2.75) is 65.0 Å². The molecular weight excluding hydrogens is 266 g/mol. The molecule has 1 fully saturated rings. The monoisotopic (exact) mass is 293 g/mol. The lowest BCUT2D eigenvalue weighted by atomic mass is 9.77. The summed E-state index contributed by atoms with van der Waals surface area (Å²) in [5.41, 5.74) is 1.64. The molecule has 5 heteroatoms. The molecule has 0 saturated heterocycles. The van der Waals surface area contributed by atoms with Crippen LogP contribution < -0.4 is 5.32 Å². The van der Waals surface area contributed by atoms with Gasteiger partial charge in [0.15, 0.2) is 0 Å². The van der Waals surface area contributed by atoms with Crippen LogP contribution in [0.5, 0.6) is 0 Å². The van der Waals surface area contributed by atoms with E-state index in [2.05, 4.69) is 17.3 Å². The Hall–Kier alpha value is -1.36. The van der Waals surface area contributed by atoms with Gasteiger partial charge in [0.05, 0.1) is 17.8 Å². The third kappa shape index (κ3) is 4.06. The second kappa shape index (κ2) is 6.60. The number of aliphatic hydroxyl groups excluding tert-OH is 1. The maximum atomic E-state index is 12.2. The molecule has 1 aliphatic carbocycles. The summed E-state index contributed by atoms with van der Waals surface area (Å²) in [7, 11) is 0. The van der Waals surface area contributed by atoms with Crippen molar-refractivity contribution >= 4 is 5.91 Å². The van der Waals surface area contributed by atoms with E-state index in [4.69, 9.17) is 0 Å². The highest BCUT2D eigenvalue weighted by molar-refractivity contribution is 5.76. The number of hydrogen-bond acceptors (Lipinski definition) is 3. The Kier molecular flexibility index (Phi) is 5.04. The normalized spacial score (nSPS) is 25.8. The van der Waals surface area contributed by atoms with Gasteiger partial charge in [0.1, 0.15) is 0 Å². The molecule has 1 aromatic rings. The Balaban J connectivity index is 1.87. The van der Waals surface area contributed by atoms with E-state index in [0.717, 1.165) is 37.1 Å². The SMILES string of the molecule is Cc1cc(C)n(CCC(=O)NC2(CO)CCC(C)CC2)n1. The molecule has 0 aromatic carbocycles. The van der Waals surface area contributed by atoms with Gasteiger partial charge in [-0.15, -0.1) is 0 Å². The van der Waals surface area contributed by atoms with Crippen molar-refractivity contribution in [3.05, 3.63) is 17.5 Å². The molecule has 0 spiro atoms. The summed E-state index contributed by atoms with van der Waals surface area (Å²) >= 11 is 0. The highest BCUT2D eigenvalue weighted by atomic mass is 16.3. The molecule has 21 heavy (non-hydrogen) atoms. The molecule has 0 atom stereocenters. The minimum atomic E-state index is -0.404. The van der Waals surface area contributed by atoms with Crippen LogP contribution in [0.3, 0.4) is 0 Å². The van der Waals surface area contributed by atoms with Crippen LogP contribution >= 0.6 is 0 Å². The predicted octanol–water partition coefficient (Wildman–Crippen LogP) is 1.95. The third-order valence-electron chi connectivity index (χ3n) is 4.59. The molecule has 0 aliphatic heterocycles. The van der Waals surface area contributed by atoms with Crippen molar-refractivity contribution in [2.75, 3.05) is 6.61 Å². The van der Waals surface area contributed by atoms with Crippen LogP contribution in [0.4, 0.5) is 0 Å². The number of carbonyl (C=O) groups is 1.